The lowest BCUT2D eigenvalue weighted by molar-refractivity contribution is 1.27. The van der Waals surface area contributed by atoms with Crippen molar-refractivity contribution in [2.75, 3.05) is 0 Å². The summed E-state index contributed by atoms with van der Waals surface area (Å²) in [4.78, 5) is 3.74. The molecule has 3 heteroatoms. The maximum absolute atomic E-state index is 8.62. The summed E-state index contributed by atoms with van der Waals surface area (Å²) < 4.78 is 0. The Kier molecular flexibility index (Phi) is 2.20. The lowest BCUT2D eigenvalue weighted by Crippen LogP contribution is -1.89. The van der Waals surface area contributed by atoms with E-state index in [9.17, 15) is 0 Å². The van der Waals surface area contributed by atoms with Gasteiger partial charge in [0.2, 0.25) is 0 Å². The highest BCUT2D eigenvalue weighted by molar-refractivity contribution is 5.62. The van der Waals surface area contributed by atoms with Crippen LogP contribution in [0.1, 0.15) is 16.7 Å². The second kappa shape index (κ2) is 3.32. The van der Waals surface area contributed by atoms with Crippen LogP contribution in [-0.4, -0.2) is 4.98 Å². The van der Waals surface area contributed by atoms with Gasteiger partial charge in [-0.1, -0.05) is 12.7 Å². The Hall–Kier alpha value is -2.13. The number of hydrogen-bond donors (Lipinski definition) is 0. The summed E-state index contributed by atoms with van der Waals surface area (Å²) in [6, 6.07) is 3.87. The number of rotatable bonds is 1. The molecule has 0 atom stereocenters. The van der Waals surface area contributed by atoms with Gasteiger partial charge in [0, 0.05) is 18.0 Å². The topological polar surface area (TPSA) is 60.5 Å². The van der Waals surface area contributed by atoms with Crippen molar-refractivity contribution in [2.24, 2.45) is 0 Å². The molecule has 0 aliphatic heterocycles. The Morgan fingerprint density at radius 2 is 1.75 bits per heavy atom. The molecule has 0 unspecified atom stereocenters. The Morgan fingerprint density at radius 1 is 1.25 bits per heavy atom. The number of nitrogens with zero attached hydrogens (tertiary/aromatic N) is 3. The third kappa shape index (κ3) is 1.16. The average molecular weight is 155 g/mol. The summed E-state index contributed by atoms with van der Waals surface area (Å²) in [6.07, 6.45) is 4.31. The van der Waals surface area contributed by atoms with E-state index < -0.39 is 0 Å². The first-order valence-electron chi connectivity index (χ1n) is 3.24. The molecule has 1 aromatic rings. The third-order valence-corrected chi connectivity index (χ3v) is 1.43. The van der Waals surface area contributed by atoms with Gasteiger partial charge in [-0.2, -0.15) is 10.5 Å². The number of pyridine rings is 1. The molecule has 3 nitrogen and oxygen atoms in total. The zero-order valence-electron chi connectivity index (χ0n) is 6.28. The zero-order valence-corrected chi connectivity index (χ0v) is 6.28. The molecule has 0 fully saturated rings. The Bertz CT molecular complexity index is 361. The van der Waals surface area contributed by atoms with Crippen molar-refractivity contribution in [3.8, 4) is 12.1 Å². The zero-order chi connectivity index (χ0) is 8.97. The van der Waals surface area contributed by atoms with Crippen LogP contribution in [0.4, 0.5) is 0 Å². The Labute approximate surface area is 70.2 Å². The molecule has 0 radical (unpaired) electrons. The van der Waals surface area contributed by atoms with E-state index in [4.69, 9.17) is 10.5 Å². The van der Waals surface area contributed by atoms with Gasteiger partial charge in [0.1, 0.15) is 12.1 Å². The normalized spacial score (nSPS) is 8.17. The highest BCUT2D eigenvalue weighted by atomic mass is 14.6. The second-order valence-corrected chi connectivity index (χ2v) is 2.08. The summed E-state index contributed by atoms with van der Waals surface area (Å²) in [5, 5.41) is 17.2. The predicted molar refractivity (Wildman–Crippen MR) is 43.8 cm³/mol. The molecule has 1 aromatic heterocycles. The summed E-state index contributed by atoms with van der Waals surface area (Å²) in [5.74, 6) is 0. The van der Waals surface area contributed by atoms with Gasteiger partial charge in [-0.05, 0) is 0 Å². The van der Waals surface area contributed by atoms with Crippen LogP contribution in [0.2, 0.25) is 0 Å². The van der Waals surface area contributed by atoms with Crippen molar-refractivity contribution in [1.29, 1.82) is 10.5 Å². The first-order chi connectivity index (χ1) is 5.83. The molecule has 0 bridgehead atoms. The van der Waals surface area contributed by atoms with Crippen LogP contribution >= 0.6 is 0 Å². The molecule has 1 rings (SSSR count). The van der Waals surface area contributed by atoms with E-state index in [0.29, 0.717) is 16.7 Å². The van der Waals surface area contributed by atoms with Crippen molar-refractivity contribution in [1.82, 2.24) is 4.98 Å². The molecule has 0 aromatic carbocycles. The minimum atomic E-state index is 0.379. The molecular weight excluding hydrogens is 150 g/mol. The van der Waals surface area contributed by atoms with Gasteiger partial charge >= 0.3 is 0 Å². The lowest BCUT2D eigenvalue weighted by Gasteiger charge is -1.97. The molecular formula is C9H5N3. The predicted octanol–water partition coefficient (Wildman–Crippen LogP) is 1.47. The molecule has 12 heavy (non-hydrogen) atoms. The molecule has 0 spiro atoms. The third-order valence-electron chi connectivity index (χ3n) is 1.43. The molecule has 0 N–H and O–H groups in total. The van der Waals surface area contributed by atoms with E-state index in [2.05, 4.69) is 11.6 Å². The van der Waals surface area contributed by atoms with E-state index >= 15 is 0 Å². The summed E-state index contributed by atoms with van der Waals surface area (Å²) in [6.45, 7) is 3.52. The average Bonchev–Trinajstić information content (AvgIpc) is 2.16. The number of aromatic nitrogens is 1. The molecule has 0 amide bonds. The van der Waals surface area contributed by atoms with Crippen molar-refractivity contribution < 1.29 is 0 Å². The van der Waals surface area contributed by atoms with Crippen LogP contribution in [0.3, 0.4) is 0 Å². The van der Waals surface area contributed by atoms with Crippen LogP contribution in [-0.2, 0) is 0 Å². The maximum atomic E-state index is 8.62. The minimum absolute atomic E-state index is 0.379. The smallest absolute Gasteiger partial charge is 0.101 e. The Balaban J connectivity index is 3.47. The van der Waals surface area contributed by atoms with Crippen LogP contribution in [0.25, 0.3) is 6.08 Å². The van der Waals surface area contributed by atoms with E-state index in [0.717, 1.165) is 0 Å². The summed E-state index contributed by atoms with van der Waals surface area (Å²) >= 11 is 0. The highest BCUT2D eigenvalue weighted by Gasteiger charge is 2.03. The monoisotopic (exact) mass is 155 g/mol. The van der Waals surface area contributed by atoms with Gasteiger partial charge in [0.25, 0.3) is 0 Å². The van der Waals surface area contributed by atoms with Gasteiger partial charge in [-0.3, -0.25) is 4.98 Å². The van der Waals surface area contributed by atoms with Crippen LogP contribution < -0.4 is 0 Å². The van der Waals surface area contributed by atoms with E-state index in [-0.39, 0.29) is 0 Å². The Morgan fingerprint density at radius 3 is 2.08 bits per heavy atom. The van der Waals surface area contributed by atoms with E-state index in [1.807, 2.05) is 12.1 Å². The molecule has 0 aliphatic rings. The first-order valence-corrected chi connectivity index (χ1v) is 3.24. The van der Waals surface area contributed by atoms with Crippen LogP contribution in [0, 0.1) is 22.7 Å². The fourth-order valence-electron chi connectivity index (χ4n) is 0.869. The lowest BCUT2D eigenvalue weighted by atomic mass is 10.1. The molecule has 0 saturated heterocycles. The second-order valence-electron chi connectivity index (χ2n) is 2.08. The van der Waals surface area contributed by atoms with Crippen LogP contribution in [0.15, 0.2) is 19.0 Å². The number of hydrogen-bond acceptors (Lipinski definition) is 3. The minimum Gasteiger partial charge on any atom is -0.262 e. The fourth-order valence-corrected chi connectivity index (χ4v) is 0.869. The van der Waals surface area contributed by atoms with Gasteiger partial charge in [-0.25, -0.2) is 0 Å². The summed E-state index contributed by atoms with van der Waals surface area (Å²) in [5.41, 5.74) is 1.31. The first kappa shape index (κ1) is 7.97. The molecule has 56 valence electrons. The molecule has 0 saturated carbocycles. The van der Waals surface area contributed by atoms with Crippen LogP contribution in [0.5, 0.6) is 0 Å². The standard InChI is InChI=1S/C9H5N3/c1-2-9-7(3-10)5-12-6-8(9)4-11/h2,5-6H,1H2. The maximum Gasteiger partial charge on any atom is 0.101 e. The van der Waals surface area contributed by atoms with E-state index in [1.165, 1.54) is 18.5 Å². The fraction of sp³-hybridized carbons (Fsp3) is 0. The van der Waals surface area contributed by atoms with Crippen molar-refractivity contribution in [3.05, 3.63) is 35.7 Å². The van der Waals surface area contributed by atoms with Gasteiger partial charge < -0.3 is 0 Å². The van der Waals surface area contributed by atoms with Crippen molar-refractivity contribution >= 4 is 6.08 Å². The largest absolute Gasteiger partial charge is 0.262 e. The molecule has 1 heterocycles. The summed E-state index contributed by atoms with van der Waals surface area (Å²) in [7, 11) is 0. The molecule has 0 aliphatic carbocycles. The van der Waals surface area contributed by atoms with E-state index in [1.54, 1.807) is 0 Å². The van der Waals surface area contributed by atoms with Crippen molar-refractivity contribution in [2.45, 2.75) is 0 Å². The van der Waals surface area contributed by atoms with Gasteiger partial charge in [-0.15, -0.1) is 0 Å². The van der Waals surface area contributed by atoms with Gasteiger partial charge in [0.15, 0.2) is 0 Å². The van der Waals surface area contributed by atoms with Gasteiger partial charge in [0.05, 0.1) is 11.1 Å². The number of nitriles is 2. The van der Waals surface area contributed by atoms with Crippen molar-refractivity contribution in [3.63, 3.8) is 0 Å². The highest BCUT2D eigenvalue weighted by Crippen LogP contribution is 2.12. The SMILES string of the molecule is C=Cc1c(C#N)cncc1C#N. The quantitative estimate of drug-likeness (QED) is 0.616.